The largest absolute Gasteiger partial charge is 0.491 e. The van der Waals surface area contributed by atoms with Crippen LogP contribution in [0.2, 0.25) is 0 Å². The molecule has 8 heteroatoms. The fraction of sp³-hybridized carbons (Fsp3) is 0.286. The summed E-state index contributed by atoms with van der Waals surface area (Å²) in [5.74, 6) is -1.58. The van der Waals surface area contributed by atoms with E-state index in [2.05, 4.69) is 5.32 Å². The summed E-state index contributed by atoms with van der Waals surface area (Å²) in [7, 11) is 0. The molecule has 2 aromatic carbocycles. The highest BCUT2D eigenvalue weighted by Gasteiger charge is 2.27. The Bertz CT molecular complexity index is 946. The standard InChI is InChI=1S/C21H21FN2O5/c1-13-7-8-15(11-16(13)22)23-21(27)14(2)29-20(26)12-24-17-5-3-4-6-18(17)28-10-9-19(24)25/h3-8,11,14H,9-10,12H2,1-2H3,(H,23,27)/t14-/m0/s1. The van der Waals surface area contributed by atoms with Crippen LogP contribution in [0.5, 0.6) is 5.75 Å². The van der Waals surface area contributed by atoms with Crippen LogP contribution in [0.3, 0.4) is 0 Å². The molecule has 0 bridgehead atoms. The van der Waals surface area contributed by atoms with Gasteiger partial charge in [-0.05, 0) is 43.7 Å². The number of hydrogen-bond acceptors (Lipinski definition) is 5. The van der Waals surface area contributed by atoms with Crippen molar-refractivity contribution >= 4 is 29.2 Å². The smallest absolute Gasteiger partial charge is 0.326 e. The van der Waals surface area contributed by atoms with Crippen LogP contribution in [0.1, 0.15) is 18.9 Å². The average molecular weight is 400 g/mol. The van der Waals surface area contributed by atoms with Crippen LogP contribution < -0.4 is 15.0 Å². The normalized spacial score (nSPS) is 14.3. The fourth-order valence-corrected chi connectivity index (χ4v) is 2.82. The Kier molecular flexibility index (Phi) is 6.11. The zero-order valence-electron chi connectivity index (χ0n) is 16.1. The first-order chi connectivity index (χ1) is 13.8. The predicted octanol–water partition coefficient (Wildman–Crippen LogP) is 2.82. The first-order valence-electron chi connectivity index (χ1n) is 9.14. The predicted molar refractivity (Wildman–Crippen MR) is 104 cm³/mol. The zero-order chi connectivity index (χ0) is 21.0. The van der Waals surface area contributed by atoms with E-state index in [0.717, 1.165) is 0 Å². The molecule has 2 amide bonds. The number of ether oxygens (including phenoxy) is 2. The van der Waals surface area contributed by atoms with Gasteiger partial charge in [-0.2, -0.15) is 0 Å². The Morgan fingerprint density at radius 1 is 1.28 bits per heavy atom. The quantitative estimate of drug-likeness (QED) is 0.781. The number of nitrogens with one attached hydrogen (secondary N) is 1. The highest BCUT2D eigenvalue weighted by molar-refractivity contribution is 6.00. The molecule has 29 heavy (non-hydrogen) atoms. The summed E-state index contributed by atoms with van der Waals surface area (Å²) in [6.07, 6.45) is -1.00. The number of nitrogens with zero attached hydrogens (tertiary/aromatic N) is 1. The third-order valence-electron chi connectivity index (χ3n) is 4.43. The molecule has 0 aromatic heterocycles. The van der Waals surface area contributed by atoms with Crippen molar-refractivity contribution in [2.45, 2.75) is 26.4 Å². The van der Waals surface area contributed by atoms with Crippen molar-refractivity contribution in [1.82, 2.24) is 0 Å². The number of hydrogen-bond donors (Lipinski definition) is 1. The van der Waals surface area contributed by atoms with Gasteiger partial charge in [0.15, 0.2) is 6.10 Å². The van der Waals surface area contributed by atoms with E-state index in [1.165, 1.54) is 24.0 Å². The molecule has 2 aromatic rings. The molecule has 0 saturated carbocycles. The number of fused-ring (bicyclic) bond motifs is 1. The molecule has 3 rings (SSSR count). The zero-order valence-corrected chi connectivity index (χ0v) is 16.1. The van der Waals surface area contributed by atoms with E-state index in [1.807, 2.05) is 0 Å². The van der Waals surface area contributed by atoms with Gasteiger partial charge in [-0.1, -0.05) is 18.2 Å². The van der Waals surface area contributed by atoms with Gasteiger partial charge < -0.3 is 14.8 Å². The molecule has 0 spiro atoms. The number of carbonyl (C=O) groups is 3. The molecule has 1 N–H and O–H groups in total. The van der Waals surface area contributed by atoms with E-state index in [-0.39, 0.29) is 31.2 Å². The lowest BCUT2D eigenvalue weighted by Gasteiger charge is -2.22. The van der Waals surface area contributed by atoms with Crippen LogP contribution in [0.15, 0.2) is 42.5 Å². The summed E-state index contributed by atoms with van der Waals surface area (Å²) in [5, 5.41) is 2.50. The number of aryl methyl sites for hydroxylation is 1. The number of carbonyl (C=O) groups excluding carboxylic acids is 3. The molecule has 1 aliphatic rings. The van der Waals surface area contributed by atoms with Gasteiger partial charge in [0, 0.05) is 5.69 Å². The lowest BCUT2D eigenvalue weighted by Crippen LogP contribution is -2.39. The highest BCUT2D eigenvalue weighted by Crippen LogP contribution is 2.30. The van der Waals surface area contributed by atoms with Gasteiger partial charge in [0.1, 0.15) is 18.1 Å². The number of benzene rings is 2. The van der Waals surface area contributed by atoms with Crippen molar-refractivity contribution in [2.75, 3.05) is 23.4 Å². The fourth-order valence-electron chi connectivity index (χ4n) is 2.82. The van der Waals surface area contributed by atoms with Crippen molar-refractivity contribution in [1.29, 1.82) is 0 Å². The van der Waals surface area contributed by atoms with Gasteiger partial charge in [0.2, 0.25) is 5.91 Å². The number of halogens is 1. The molecular formula is C21H21FN2O5. The number of para-hydroxylation sites is 2. The van der Waals surface area contributed by atoms with Gasteiger partial charge in [0.25, 0.3) is 5.91 Å². The Balaban J connectivity index is 1.63. The lowest BCUT2D eigenvalue weighted by molar-refractivity contribution is -0.152. The molecule has 1 atom stereocenters. The molecule has 0 unspecified atom stereocenters. The Morgan fingerprint density at radius 3 is 2.79 bits per heavy atom. The van der Waals surface area contributed by atoms with Gasteiger partial charge in [-0.25, -0.2) is 4.39 Å². The number of esters is 1. The average Bonchev–Trinajstić information content (AvgIpc) is 2.84. The minimum atomic E-state index is -1.12. The van der Waals surface area contributed by atoms with Crippen molar-refractivity contribution in [3.63, 3.8) is 0 Å². The minimum Gasteiger partial charge on any atom is -0.491 e. The van der Waals surface area contributed by atoms with E-state index < -0.39 is 23.8 Å². The van der Waals surface area contributed by atoms with E-state index in [1.54, 1.807) is 37.3 Å². The van der Waals surface area contributed by atoms with Crippen molar-refractivity contribution in [2.24, 2.45) is 0 Å². The second-order valence-corrected chi connectivity index (χ2v) is 6.63. The van der Waals surface area contributed by atoms with Crippen molar-refractivity contribution in [3.8, 4) is 5.75 Å². The van der Waals surface area contributed by atoms with E-state index in [0.29, 0.717) is 17.0 Å². The third-order valence-corrected chi connectivity index (χ3v) is 4.43. The summed E-state index contributed by atoms with van der Waals surface area (Å²) in [5.41, 5.74) is 1.18. The minimum absolute atomic E-state index is 0.122. The number of rotatable bonds is 5. The summed E-state index contributed by atoms with van der Waals surface area (Å²) < 4.78 is 24.3. The molecule has 0 aliphatic carbocycles. The second kappa shape index (κ2) is 8.72. The summed E-state index contributed by atoms with van der Waals surface area (Å²) >= 11 is 0. The van der Waals surface area contributed by atoms with Gasteiger partial charge in [-0.15, -0.1) is 0 Å². The molecule has 7 nitrogen and oxygen atoms in total. The van der Waals surface area contributed by atoms with E-state index in [9.17, 15) is 18.8 Å². The molecule has 0 radical (unpaired) electrons. The Labute approximate surface area is 167 Å². The molecule has 0 saturated heterocycles. The molecule has 1 heterocycles. The molecule has 152 valence electrons. The number of anilines is 2. The summed E-state index contributed by atoms with van der Waals surface area (Å²) in [6, 6.07) is 11.2. The molecular weight excluding hydrogens is 379 g/mol. The topological polar surface area (TPSA) is 84.9 Å². The Hall–Kier alpha value is -3.42. The van der Waals surface area contributed by atoms with Crippen LogP contribution in [0.4, 0.5) is 15.8 Å². The van der Waals surface area contributed by atoms with Gasteiger partial charge >= 0.3 is 5.97 Å². The van der Waals surface area contributed by atoms with E-state index in [4.69, 9.17) is 9.47 Å². The maximum atomic E-state index is 13.6. The van der Waals surface area contributed by atoms with E-state index >= 15 is 0 Å². The van der Waals surface area contributed by atoms with Crippen LogP contribution in [-0.2, 0) is 19.1 Å². The maximum Gasteiger partial charge on any atom is 0.326 e. The van der Waals surface area contributed by atoms with Crippen LogP contribution >= 0.6 is 0 Å². The van der Waals surface area contributed by atoms with Crippen LogP contribution in [0.25, 0.3) is 0 Å². The summed E-state index contributed by atoms with van der Waals surface area (Å²) in [4.78, 5) is 38.2. The number of amides is 2. The van der Waals surface area contributed by atoms with Crippen LogP contribution in [-0.4, -0.2) is 37.0 Å². The summed E-state index contributed by atoms with van der Waals surface area (Å²) in [6.45, 7) is 2.88. The van der Waals surface area contributed by atoms with Crippen molar-refractivity contribution in [3.05, 3.63) is 53.8 Å². The van der Waals surface area contributed by atoms with Crippen molar-refractivity contribution < 1.29 is 28.2 Å². The Morgan fingerprint density at radius 2 is 2.03 bits per heavy atom. The highest BCUT2D eigenvalue weighted by atomic mass is 19.1. The van der Waals surface area contributed by atoms with Crippen LogP contribution in [0, 0.1) is 12.7 Å². The van der Waals surface area contributed by atoms with Gasteiger partial charge in [-0.3, -0.25) is 19.3 Å². The lowest BCUT2D eigenvalue weighted by atomic mass is 10.2. The second-order valence-electron chi connectivity index (χ2n) is 6.63. The molecule has 1 aliphatic heterocycles. The van der Waals surface area contributed by atoms with Gasteiger partial charge in [0.05, 0.1) is 18.7 Å². The SMILES string of the molecule is Cc1ccc(NC(=O)[C@H](C)OC(=O)CN2C(=O)CCOc3ccccc32)cc1F. The first-order valence-corrected chi connectivity index (χ1v) is 9.14. The molecule has 0 fully saturated rings. The first kappa shape index (κ1) is 20.3. The maximum absolute atomic E-state index is 13.6. The third kappa shape index (κ3) is 4.90. The monoisotopic (exact) mass is 400 g/mol.